The van der Waals surface area contributed by atoms with Crippen molar-refractivity contribution in [3.8, 4) is 5.75 Å². The van der Waals surface area contributed by atoms with Crippen LogP contribution >= 0.6 is 11.6 Å². The van der Waals surface area contributed by atoms with Crippen LogP contribution in [-0.4, -0.2) is 30.9 Å². The average molecular weight is 390 g/mol. The minimum Gasteiger partial charge on any atom is -0.496 e. The van der Waals surface area contributed by atoms with Gasteiger partial charge in [0.2, 0.25) is 11.7 Å². The Morgan fingerprint density at radius 1 is 1.15 bits per heavy atom. The first-order chi connectivity index (χ1) is 12.9. The number of ketones is 1. The summed E-state index contributed by atoms with van der Waals surface area (Å²) in [6.45, 7) is 3.09. The molecule has 1 amide bonds. The number of hydrogen-bond acceptors (Lipinski definition) is 5. The number of carbonyl (C=O) groups is 3. The summed E-state index contributed by atoms with van der Waals surface area (Å²) < 4.78 is 10.6. The Morgan fingerprint density at radius 3 is 2.37 bits per heavy atom. The third-order valence-electron chi connectivity index (χ3n) is 3.79. The molecule has 2 aromatic carbocycles. The zero-order valence-corrected chi connectivity index (χ0v) is 16.0. The van der Waals surface area contributed by atoms with Crippen molar-refractivity contribution in [2.24, 2.45) is 0 Å². The second kappa shape index (κ2) is 9.19. The van der Waals surface area contributed by atoms with E-state index in [1.807, 2.05) is 0 Å². The van der Waals surface area contributed by atoms with Crippen LogP contribution in [0.4, 0.5) is 5.69 Å². The Kier molecular flexibility index (Phi) is 6.96. The molecule has 7 heteroatoms. The number of anilines is 1. The lowest BCUT2D eigenvalue weighted by Crippen LogP contribution is -2.27. The molecule has 2 aromatic rings. The van der Waals surface area contributed by atoms with Crippen molar-refractivity contribution in [1.29, 1.82) is 0 Å². The first kappa shape index (κ1) is 20.5. The molecule has 142 valence electrons. The van der Waals surface area contributed by atoms with Gasteiger partial charge in [0.1, 0.15) is 11.3 Å². The fraction of sp³-hybridized carbons (Fsp3) is 0.250. The Morgan fingerprint density at radius 2 is 1.81 bits per heavy atom. The molecule has 0 saturated heterocycles. The zero-order valence-electron chi connectivity index (χ0n) is 15.2. The average Bonchev–Trinajstić information content (AvgIpc) is 2.66. The molecule has 0 saturated carbocycles. The maximum absolute atomic E-state index is 12.6. The van der Waals surface area contributed by atoms with Crippen LogP contribution in [0.2, 0.25) is 5.02 Å². The van der Waals surface area contributed by atoms with E-state index in [0.717, 1.165) is 0 Å². The molecule has 0 aliphatic carbocycles. The minimum absolute atomic E-state index is 0.0657. The summed E-state index contributed by atoms with van der Waals surface area (Å²) in [4.78, 5) is 36.4. The van der Waals surface area contributed by atoms with E-state index in [1.54, 1.807) is 37.3 Å². The number of benzene rings is 2. The van der Waals surface area contributed by atoms with E-state index in [2.05, 4.69) is 5.32 Å². The van der Waals surface area contributed by atoms with E-state index >= 15 is 0 Å². The molecule has 6 nitrogen and oxygen atoms in total. The van der Waals surface area contributed by atoms with Gasteiger partial charge in [0.05, 0.1) is 17.8 Å². The molecule has 0 heterocycles. The molecule has 0 radical (unpaired) electrons. The van der Waals surface area contributed by atoms with Crippen LogP contribution in [0.15, 0.2) is 42.5 Å². The highest BCUT2D eigenvalue weighted by molar-refractivity contribution is 6.34. The van der Waals surface area contributed by atoms with E-state index in [1.165, 1.54) is 26.2 Å². The second-order valence-electron chi connectivity index (χ2n) is 5.75. The van der Waals surface area contributed by atoms with Gasteiger partial charge in [0.25, 0.3) is 0 Å². The molecular formula is C20H20ClNO5. The van der Waals surface area contributed by atoms with Crippen molar-refractivity contribution in [2.45, 2.75) is 26.4 Å². The van der Waals surface area contributed by atoms with Gasteiger partial charge in [-0.3, -0.25) is 9.59 Å². The number of carbonyl (C=O) groups excluding carboxylic acids is 3. The smallest absolute Gasteiger partial charge is 0.342 e. The van der Waals surface area contributed by atoms with Crippen molar-refractivity contribution in [1.82, 2.24) is 0 Å². The number of Topliss-reactive ketones (excluding diaryl/α,β-unsaturated/α-hetero) is 1. The highest BCUT2D eigenvalue weighted by Crippen LogP contribution is 2.32. The Hall–Kier alpha value is -2.86. The summed E-state index contributed by atoms with van der Waals surface area (Å²) in [5.41, 5.74) is 0.837. The van der Waals surface area contributed by atoms with Crippen LogP contribution in [-0.2, 0) is 9.53 Å². The Balaban J connectivity index is 2.26. The van der Waals surface area contributed by atoms with Crippen LogP contribution in [0.3, 0.4) is 0 Å². The predicted molar refractivity (Wildman–Crippen MR) is 103 cm³/mol. The third-order valence-corrected chi connectivity index (χ3v) is 4.10. The van der Waals surface area contributed by atoms with Gasteiger partial charge >= 0.3 is 5.97 Å². The van der Waals surface area contributed by atoms with Crippen molar-refractivity contribution in [3.63, 3.8) is 0 Å². The molecule has 0 spiro atoms. The fourth-order valence-corrected chi connectivity index (χ4v) is 2.68. The second-order valence-corrected chi connectivity index (χ2v) is 6.15. The van der Waals surface area contributed by atoms with E-state index in [4.69, 9.17) is 21.1 Å². The molecule has 0 aromatic heterocycles. The van der Waals surface area contributed by atoms with Crippen LogP contribution in [0.5, 0.6) is 5.75 Å². The molecule has 27 heavy (non-hydrogen) atoms. The van der Waals surface area contributed by atoms with Gasteiger partial charge in [-0.05, 0) is 12.5 Å². The Labute approximate surface area is 162 Å². The van der Waals surface area contributed by atoms with E-state index in [9.17, 15) is 14.4 Å². The number of halogens is 1. The standard InChI is InChI=1S/C20H20ClNO5/c1-4-17(19(24)13-8-6-5-7-9-13)27-20(25)14-10-15(21)16(22-12(2)23)11-18(14)26-3/h5-11,17H,4H2,1-3H3,(H,22,23)/t17-/m0/s1. The zero-order chi connectivity index (χ0) is 20.0. The molecule has 0 fully saturated rings. The molecule has 0 unspecified atom stereocenters. The van der Waals surface area contributed by atoms with Crippen molar-refractivity contribution >= 4 is 34.9 Å². The van der Waals surface area contributed by atoms with Crippen molar-refractivity contribution in [2.75, 3.05) is 12.4 Å². The van der Waals surface area contributed by atoms with Gasteiger partial charge < -0.3 is 14.8 Å². The van der Waals surface area contributed by atoms with Gasteiger partial charge in [0.15, 0.2) is 6.10 Å². The van der Waals surface area contributed by atoms with E-state index < -0.39 is 12.1 Å². The summed E-state index contributed by atoms with van der Waals surface area (Å²) in [6, 6.07) is 11.4. The maximum Gasteiger partial charge on any atom is 0.342 e. The Bertz CT molecular complexity index is 851. The molecular weight excluding hydrogens is 370 g/mol. The topological polar surface area (TPSA) is 81.7 Å². The summed E-state index contributed by atoms with van der Waals surface area (Å²) >= 11 is 6.13. The molecule has 1 N–H and O–H groups in total. The lowest BCUT2D eigenvalue weighted by molar-refractivity contribution is -0.114. The van der Waals surface area contributed by atoms with Gasteiger partial charge in [-0.1, -0.05) is 48.9 Å². The van der Waals surface area contributed by atoms with E-state index in [-0.39, 0.29) is 28.0 Å². The van der Waals surface area contributed by atoms with Crippen molar-refractivity contribution < 1.29 is 23.9 Å². The summed E-state index contributed by atoms with van der Waals surface area (Å²) in [5, 5.41) is 2.70. The first-order valence-corrected chi connectivity index (χ1v) is 8.70. The number of amides is 1. The molecule has 0 bridgehead atoms. The van der Waals surface area contributed by atoms with Gasteiger partial charge in [-0.25, -0.2) is 4.79 Å². The van der Waals surface area contributed by atoms with E-state index in [0.29, 0.717) is 17.7 Å². The number of methoxy groups -OCH3 is 1. The van der Waals surface area contributed by atoms with Crippen LogP contribution < -0.4 is 10.1 Å². The normalized spacial score (nSPS) is 11.4. The molecule has 0 aliphatic heterocycles. The minimum atomic E-state index is -0.932. The van der Waals surface area contributed by atoms with Gasteiger partial charge in [-0.2, -0.15) is 0 Å². The first-order valence-electron chi connectivity index (χ1n) is 8.32. The summed E-state index contributed by atoms with van der Waals surface area (Å²) in [6.07, 6.45) is -0.613. The number of nitrogens with one attached hydrogen (secondary N) is 1. The largest absolute Gasteiger partial charge is 0.496 e. The van der Waals surface area contributed by atoms with Crippen molar-refractivity contribution in [3.05, 3.63) is 58.6 Å². The SMILES string of the molecule is CC[C@H](OC(=O)c1cc(Cl)c(NC(C)=O)cc1OC)C(=O)c1ccccc1. The van der Waals surface area contributed by atoms with Crippen LogP contribution in [0.1, 0.15) is 41.0 Å². The molecule has 2 rings (SSSR count). The number of ether oxygens (including phenoxy) is 2. The predicted octanol–water partition coefficient (Wildman–Crippen LogP) is 4.13. The number of esters is 1. The van der Waals surface area contributed by atoms with Crippen LogP contribution in [0.25, 0.3) is 0 Å². The van der Waals surface area contributed by atoms with Gasteiger partial charge in [0, 0.05) is 18.6 Å². The quantitative estimate of drug-likeness (QED) is 0.568. The lowest BCUT2D eigenvalue weighted by Gasteiger charge is -2.17. The van der Waals surface area contributed by atoms with Gasteiger partial charge in [-0.15, -0.1) is 0 Å². The highest BCUT2D eigenvalue weighted by atomic mass is 35.5. The van der Waals surface area contributed by atoms with Crippen LogP contribution in [0, 0.1) is 0 Å². The fourth-order valence-electron chi connectivity index (χ4n) is 2.47. The molecule has 0 aliphatic rings. The highest BCUT2D eigenvalue weighted by Gasteiger charge is 2.25. The maximum atomic E-state index is 12.6. The number of rotatable bonds is 7. The third kappa shape index (κ3) is 5.08. The number of hydrogen-bond donors (Lipinski definition) is 1. The summed E-state index contributed by atoms with van der Waals surface area (Å²) in [5.74, 6) is -1.16. The lowest BCUT2D eigenvalue weighted by atomic mass is 10.0. The molecule has 1 atom stereocenters. The summed E-state index contributed by atoms with van der Waals surface area (Å²) in [7, 11) is 1.38. The monoisotopic (exact) mass is 389 g/mol.